The summed E-state index contributed by atoms with van der Waals surface area (Å²) in [5.41, 5.74) is 4.48. The molecule has 1 unspecified atom stereocenters. The third-order valence-electron chi connectivity index (χ3n) is 6.35. The summed E-state index contributed by atoms with van der Waals surface area (Å²) in [6.45, 7) is 0.897. The first-order valence-corrected chi connectivity index (χ1v) is 12.0. The minimum absolute atomic E-state index is 0.0297. The fourth-order valence-corrected chi connectivity index (χ4v) is 4.58. The maximum absolute atomic E-state index is 13.6. The molecule has 6 nitrogen and oxygen atoms in total. The van der Waals surface area contributed by atoms with Gasteiger partial charge in [0.2, 0.25) is 11.8 Å². The second kappa shape index (κ2) is 10.4. The molecular formula is C29H28N4O2. The number of rotatable bonds is 7. The molecule has 1 aliphatic heterocycles. The first-order valence-electron chi connectivity index (χ1n) is 12.0. The van der Waals surface area contributed by atoms with E-state index in [1.54, 1.807) is 4.90 Å². The second-order valence-corrected chi connectivity index (χ2v) is 8.72. The molecule has 3 aromatic carbocycles. The molecular weight excluding hydrogens is 436 g/mol. The van der Waals surface area contributed by atoms with Gasteiger partial charge in [0.1, 0.15) is 6.04 Å². The van der Waals surface area contributed by atoms with Crippen molar-refractivity contribution in [3.05, 3.63) is 108 Å². The van der Waals surface area contributed by atoms with E-state index < -0.39 is 6.04 Å². The van der Waals surface area contributed by atoms with Crippen molar-refractivity contribution >= 4 is 11.8 Å². The standard InChI is InChI=1S/C29H28N4O2/c34-26-18-10-11-19-32(26)28(23-14-6-2-7-15-23)29(35)30-20-24-21-33(25-16-8-3-9-17-25)31-27(24)22-12-4-1-5-13-22/h1-9,12-17,21,28H,10-11,18-20H2,(H,30,35). The minimum atomic E-state index is -0.645. The van der Waals surface area contributed by atoms with Crippen LogP contribution in [0.1, 0.15) is 36.4 Å². The molecule has 5 rings (SSSR count). The van der Waals surface area contributed by atoms with Crippen molar-refractivity contribution < 1.29 is 9.59 Å². The first kappa shape index (κ1) is 22.6. The Hall–Kier alpha value is -4.19. The van der Waals surface area contributed by atoms with Gasteiger partial charge in [-0.2, -0.15) is 5.10 Å². The quantitative estimate of drug-likeness (QED) is 0.423. The van der Waals surface area contributed by atoms with Crippen molar-refractivity contribution in [3.63, 3.8) is 0 Å². The summed E-state index contributed by atoms with van der Waals surface area (Å²) in [5.74, 6) is -0.153. The van der Waals surface area contributed by atoms with Crippen molar-refractivity contribution in [2.45, 2.75) is 31.8 Å². The molecule has 1 N–H and O–H groups in total. The summed E-state index contributed by atoms with van der Waals surface area (Å²) in [5, 5.41) is 7.94. The van der Waals surface area contributed by atoms with Crippen molar-refractivity contribution in [1.29, 1.82) is 0 Å². The highest BCUT2D eigenvalue weighted by molar-refractivity contribution is 5.89. The van der Waals surface area contributed by atoms with E-state index in [-0.39, 0.29) is 11.8 Å². The molecule has 2 heterocycles. The van der Waals surface area contributed by atoms with E-state index in [1.807, 2.05) is 102 Å². The van der Waals surface area contributed by atoms with Gasteiger partial charge < -0.3 is 10.2 Å². The van der Waals surface area contributed by atoms with Crippen LogP contribution in [0.15, 0.2) is 97.2 Å². The summed E-state index contributed by atoms with van der Waals surface area (Å²) in [4.78, 5) is 28.0. The number of nitrogens with one attached hydrogen (secondary N) is 1. The largest absolute Gasteiger partial charge is 0.350 e. The van der Waals surface area contributed by atoms with Gasteiger partial charge >= 0.3 is 0 Å². The molecule has 176 valence electrons. The van der Waals surface area contributed by atoms with E-state index in [0.717, 1.165) is 40.9 Å². The molecule has 1 atom stereocenters. The highest BCUT2D eigenvalue weighted by Crippen LogP contribution is 2.27. The number of aromatic nitrogens is 2. The lowest BCUT2D eigenvalue weighted by Gasteiger charge is -2.34. The molecule has 1 aliphatic rings. The van der Waals surface area contributed by atoms with Crippen LogP contribution in [0.3, 0.4) is 0 Å². The highest BCUT2D eigenvalue weighted by atomic mass is 16.2. The Balaban J connectivity index is 1.43. The maximum atomic E-state index is 13.6. The Labute approximate surface area is 205 Å². The van der Waals surface area contributed by atoms with Crippen LogP contribution in [-0.4, -0.2) is 33.0 Å². The van der Waals surface area contributed by atoms with Crippen LogP contribution in [0.2, 0.25) is 0 Å². The third kappa shape index (κ3) is 5.01. The number of benzene rings is 3. The number of hydrogen-bond donors (Lipinski definition) is 1. The van der Waals surface area contributed by atoms with Crippen LogP contribution in [0.25, 0.3) is 16.9 Å². The summed E-state index contributed by atoms with van der Waals surface area (Å²) in [6.07, 6.45) is 4.22. The highest BCUT2D eigenvalue weighted by Gasteiger charge is 2.32. The zero-order valence-electron chi connectivity index (χ0n) is 19.5. The number of hydrogen-bond acceptors (Lipinski definition) is 3. The van der Waals surface area contributed by atoms with E-state index in [1.165, 1.54) is 0 Å². The smallest absolute Gasteiger partial charge is 0.247 e. The zero-order chi connectivity index (χ0) is 24.0. The molecule has 0 spiro atoms. The number of likely N-dealkylation sites (tertiary alicyclic amines) is 1. The van der Waals surface area contributed by atoms with Crippen LogP contribution in [0.5, 0.6) is 0 Å². The fourth-order valence-electron chi connectivity index (χ4n) is 4.58. The van der Waals surface area contributed by atoms with Gasteiger partial charge in [-0.25, -0.2) is 4.68 Å². The van der Waals surface area contributed by atoms with E-state index in [9.17, 15) is 9.59 Å². The molecule has 0 radical (unpaired) electrons. The van der Waals surface area contributed by atoms with Crippen molar-refractivity contribution in [1.82, 2.24) is 20.0 Å². The Bertz CT molecular complexity index is 1290. The molecule has 1 aromatic heterocycles. The Morgan fingerprint density at radius 1 is 0.886 bits per heavy atom. The normalized spacial score (nSPS) is 14.5. The average Bonchev–Trinajstić information content (AvgIpc) is 3.35. The molecule has 35 heavy (non-hydrogen) atoms. The lowest BCUT2D eigenvalue weighted by atomic mass is 10.00. The molecule has 4 aromatic rings. The fraction of sp³-hybridized carbons (Fsp3) is 0.207. The topological polar surface area (TPSA) is 67.2 Å². The van der Waals surface area contributed by atoms with Crippen LogP contribution >= 0.6 is 0 Å². The number of nitrogens with zero attached hydrogens (tertiary/aromatic N) is 3. The molecule has 6 heteroatoms. The molecule has 1 saturated heterocycles. The monoisotopic (exact) mass is 464 g/mol. The summed E-state index contributed by atoms with van der Waals surface area (Å²) < 4.78 is 1.84. The van der Waals surface area contributed by atoms with E-state index in [2.05, 4.69) is 5.32 Å². The number of carbonyl (C=O) groups excluding carboxylic acids is 2. The van der Waals surface area contributed by atoms with Gasteiger partial charge in [-0.3, -0.25) is 9.59 Å². The van der Waals surface area contributed by atoms with Gasteiger partial charge in [0.15, 0.2) is 0 Å². The van der Waals surface area contributed by atoms with E-state index in [0.29, 0.717) is 19.5 Å². The van der Waals surface area contributed by atoms with E-state index in [4.69, 9.17) is 5.10 Å². The number of carbonyl (C=O) groups is 2. The van der Waals surface area contributed by atoms with Crippen LogP contribution in [0, 0.1) is 0 Å². The summed E-state index contributed by atoms with van der Waals surface area (Å²) >= 11 is 0. The van der Waals surface area contributed by atoms with Gasteiger partial charge in [0, 0.05) is 36.8 Å². The Morgan fingerprint density at radius 3 is 2.23 bits per heavy atom. The maximum Gasteiger partial charge on any atom is 0.247 e. The predicted molar refractivity (Wildman–Crippen MR) is 136 cm³/mol. The SMILES string of the molecule is O=C(NCc1cn(-c2ccccc2)nc1-c1ccccc1)C(c1ccccc1)N1CCCCC1=O. The number of amides is 2. The van der Waals surface area contributed by atoms with E-state index >= 15 is 0 Å². The second-order valence-electron chi connectivity index (χ2n) is 8.72. The lowest BCUT2D eigenvalue weighted by molar-refractivity contribution is -0.142. The molecule has 1 fully saturated rings. The third-order valence-corrected chi connectivity index (χ3v) is 6.35. The van der Waals surface area contributed by atoms with Gasteiger partial charge in [0.05, 0.1) is 11.4 Å². The van der Waals surface area contributed by atoms with Gasteiger partial charge in [-0.05, 0) is 30.5 Å². The van der Waals surface area contributed by atoms with Crippen molar-refractivity contribution in [2.75, 3.05) is 6.54 Å². The molecule has 2 amide bonds. The van der Waals surface area contributed by atoms with Gasteiger partial charge in [-0.1, -0.05) is 78.9 Å². The van der Waals surface area contributed by atoms with Crippen molar-refractivity contribution in [3.8, 4) is 16.9 Å². The number of piperidine rings is 1. The predicted octanol–water partition coefficient (Wildman–Crippen LogP) is 4.91. The molecule has 0 bridgehead atoms. The Kier molecular flexibility index (Phi) is 6.70. The molecule has 0 aliphatic carbocycles. The summed E-state index contributed by atoms with van der Waals surface area (Å²) in [7, 11) is 0. The molecule has 0 saturated carbocycles. The van der Waals surface area contributed by atoms with Gasteiger partial charge in [0.25, 0.3) is 0 Å². The minimum Gasteiger partial charge on any atom is -0.350 e. The van der Waals surface area contributed by atoms with Crippen LogP contribution in [0.4, 0.5) is 0 Å². The zero-order valence-corrected chi connectivity index (χ0v) is 19.5. The van der Waals surface area contributed by atoms with Crippen molar-refractivity contribution in [2.24, 2.45) is 0 Å². The first-order chi connectivity index (χ1) is 17.2. The number of para-hydroxylation sites is 1. The van der Waals surface area contributed by atoms with Crippen LogP contribution < -0.4 is 5.32 Å². The Morgan fingerprint density at radius 2 is 1.54 bits per heavy atom. The van der Waals surface area contributed by atoms with Crippen LogP contribution in [-0.2, 0) is 16.1 Å². The summed E-state index contributed by atoms with van der Waals surface area (Å²) in [6, 6.07) is 28.8. The lowest BCUT2D eigenvalue weighted by Crippen LogP contribution is -2.45. The van der Waals surface area contributed by atoms with Gasteiger partial charge in [-0.15, -0.1) is 0 Å². The average molecular weight is 465 g/mol.